The maximum absolute atomic E-state index is 10.8. The van der Waals surface area contributed by atoms with Crippen molar-refractivity contribution in [2.75, 3.05) is 19.7 Å². The first-order chi connectivity index (χ1) is 17.7. The molecule has 0 radical (unpaired) electrons. The minimum absolute atomic E-state index is 0.251. The van der Waals surface area contributed by atoms with Crippen LogP contribution in [0.3, 0.4) is 0 Å². The molecule has 1 saturated carbocycles. The fraction of sp³-hybridized carbons (Fsp3) is 0.300. The summed E-state index contributed by atoms with van der Waals surface area (Å²) in [6, 6.07) is 29.5. The predicted octanol–water partition coefficient (Wildman–Crippen LogP) is 5.62. The molecular formula is C30H33N3O3. The Morgan fingerprint density at radius 1 is 0.917 bits per heavy atom. The van der Waals surface area contributed by atoms with Crippen molar-refractivity contribution >= 4 is 0 Å². The molecule has 0 spiro atoms. The SMILES string of the molecule is Cc1nn(-c2ccccc2)c(Oc2ccccc2)c1CN(CC1CC1)C[C@H](O)COc1ccccc1. The van der Waals surface area contributed by atoms with Crippen molar-refractivity contribution in [3.63, 3.8) is 0 Å². The number of nitrogens with zero attached hydrogens (tertiary/aromatic N) is 3. The number of aliphatic hydroxyl groups is 1. The Bertz CT molecular complexity index is 1220. The molecule has 0 amide bonds. The molecule has 1 atom stereocenters. The van der Waals surface area contributed by atoms with Crippen molar-refractivity contribution in [1.29, 1.82) is 0 Å². The second-order valence-electron chi connectivity index (χ2n) is 9.45. The first kappa shape index (κ1) is 24.1. The number of hydrogen-bond acceptors (Lipinski definition) is 5. The summed E-state index contributed by atoms with van der Waals surface area (Å²) in [5, 5.41) is 15.7. The van der Waals surface area contributed by atoms with E-state index in [9.17, 15) is 5.11 Å². The van der Waals surface area contributed by atoms with Crippen molar-refractivity contribution in [3.05, 3.63) is 102 Å². The lowest BCUT2D eigenvalue weighted by molar-refractivity contribution is 0.0636. The van der Waals surface area contributed by atoms with Gasteiger partial charge >= 0.3 is 0 Å². The number of hydrogen-bond donors (Lipinski definition) is 1. The Kier molecular flexibility index (Phi) is 7.64. The summed E-state index contributed by atoms with van der Waals surface area (Å²) < 4.78 is 14.1. The standard InChI is InChI=1S/C30H33N3O3/c1-23-29(21-32(19-24-17-18-24)20-26(34)22-35-27-13-7-3-8-14-27)30(36-28-15-9-4-10-16-28)33(31-23)25-11-5-2-6-12-25/h2-16,24,26,34H,17-22H2,1H3/t26-/m0/s1. The number of rotatable bonds is 12. The van der Waals surface area contributed by atoms with Crippen LogP contribution < -0.4 is 9.47 Å². The zero-order valence-corrected chi connectivity index (χ0v) is 20.7. The van der Waals surface area contributed by atoms with Gasteiger partial charge in [0, 0.05) is 19.6 Å². The van der Waals surface area contributed by atoms with E-state index >= 15 is 0 Å². The van der Waals surface area contributed by atoms with Gasteiger partial charge in [-0.3, -0.25) is 4.90 Å². The van der Waals surface area contributed by atoms with Crippen molar-refractivity contribution in [2.24, 2.45) is 5.92 Å². The average Bonchev–Trinajstić information content (AvgIpc) is 3.68. The molecule has 1 N–H and O–H groups in total. The smallest absolute Gasteiger partial charge is 0.227 e. The summed E-state index contributed by atoms with van der Waals surface area (Å²) in [6.45, 7) is 4.37. The highest BCUT2D eigenvalue weighted by Gasteiger charge is 2.28. The average molecular weight is 484 g/mol. The van der Waals surface area contributed by atoms with Crippen LogP contribution in [0.15, 0.2) is 91.0 Å². The zero-order valence-electron chi connectivity index (χ0n) is 20.7. The molecule has 1 heterocycles. The molecule has 0 unspecified atom stereocenters. The van der Waals surface area contributed by atoms with E-state index in [4.69, 9.17) is 14.6 Å². The van der Waals surface area contributed by atoms with Gasteiger partial charge in [0.2, 0.25) is 5.88 Å². The third-order valence-corrected chi connectivity index (χ3v) is 6.35. The lowest BCUT2D eigenvalue weighted by Gasteiger charge is -2.25. The highest BCUT2D eigenvalue weighted by Crippen LogP contribution is 2.34. The Balaban J connectivity index is 1.38. The second kappa shape index (κ2) is 11.4. The Hall–Kier alpha value is -3.61. The van der Waals surface area contributed by atoms with E-state index in [0.29, 0.717) is 24.9 Å². The maximum atomic E-state index is 10.8. The molecule has 36 heavy (non-hydrogen) atoms. The van der Waals surface area contributed by atoms with Crippen LogP contribution in [0.25, 0.3) is 5.69 Å². The van der Waals surface area contributed by atoms with E-state index in [-0.39, 0.29) is 6.61 Å². The van der Waals surface area contributed by atoms with Crippen LogP contribution in [-0.2, 0) is 6.54 Å². The first-order valence-electron chi connectivity index (χ1n) is 12.6. The summed E-state index contributed by atoms with van der Waals surface area (Å²) in [5.41, 5.74) is 2.89. The summed E-state index contributed by atoms with van der Waals surface area (Å²) in [7, 11) is 0. The Morgan fingerprint density at radius 3 is 2.17 bits per heavy atom. The van der Waals surface area contributed by atoms with Gasteiger partial charge in [-0.25, -0.2) is 4.68 Å². The highest BCUT2D eigenvalue weighted by molar-refractivity contribution is 5.43. The number of para-hydroxylation sites is 3. The molecule has 0 saturated heterocycles. The third-order valence-electron chi connectivity index (χ3n) is 6.35. The third kappa shape index (κ3) is 6.33. The van der Waals surface area contributed by atoms with Crippen LogP contribution in [0.4, 0.5) is 0 Å². The van der Waals surface area contributed by atoms with E-state index < -0.39 is 6.10 Å². The lowest BCUT2D eigenvalue weighted by atomic mass is 10.2. The van der Waals surface area contributed by atoms with Crippen LogP contribution >= 0.6 is 0 Å². The summed E-state index contributed by atoms with van der Waals surface area (Å²) in [4.78, 5) is 2.31. The monoisotopic (exact) mass is 483 g/mol. The Morgan fingerprint density at radius 2 is 1.53 bits per heavy atom. The molecule has 0 bridgehead atoms. The summed E-state index contributed by atoms with van der Waals surface area (Å²) in [6.07, 6.45) is 1.87. The number of aromatic nitrogens is 2. The van der Waals surface area contributed by atoms with Gasteiger partial charge in [0.05, 0.1) is 16.9 Å². The van der Waals surface area contributed by atoms with Gasteiger partial charge in [-0.15, -0.1) is 0 Å². The Labute approximate surface area is 212 Å². The molecule has 0 aliphatic heterocycles. The fourth-order valence-electron chi connectivity index (χ4n) is 4.32. The number of benzene rings is 3. The van der Waals surface area contributed by atoms with Crippen molar-refractivity contribution in [1.82, 2.24) is 14.7 Å². The van der Waals surface area contributed by atoms with E-state index in [1.54, 1.807) is 0 Å². The minimum atomic E-state index is -0.605. The second-order valence-corrected chi connectivity index (χ2v) is 9.45. The van der Waals surface area contributed by atoms with Gasteiger partial charge in [0.25, 0.3) is 0 Å². The molecule has 186 valence electrons. The van der Waals surface area contributed by atoms with Crippen LogP contribution in [0, 0.1) is 12.8 Å². The van der Waals surface area contributed by atoms with E-state index in [0.717, 1.165) is 35.0 Å². The van der Waals surface area contributed by atoms with E-state index in [1.807, 2.05) is 103 Å². The van der Waals surface area contributed by atoms with Gasteiger partial charge in [0.15, 0.2) is 0 Å². The molecular weight excluding hydrogens is 450 g/mol. The molecule has 3 aromatic carbocycles. The molecule has 1 fully saturated rings. The quantitative estimate of drug-likeness (QED) is 0.283. The van der Waals surface area contributed by atoms with Crippen molar-refractivity contribution < 1.29 is 14.6 Å². The molecule has 5 rings (SSSR count). The highest BCUT2D eigenvalue weighted by atomic mass is 16.5. The molecule has 6 nitrogen and oxygen atoms in total. The number of aryl methyl sites for hydroxylation is 1. The van der Waals surface area contributed by atoms with E-state index in [2.05, 4.69) is 4.90 Å². The number of ether oxygens (including phenoxy) is 2. The molecule has 1 aliphatic rings. The normalized spacial score (nSPS) is 14.1. The zero-order chi connectivity index (χ0) is 24.7. The van der Waals surface area contributed by atoms with Crippen LogP contribution in [0.5, 0.6) is 17.4 Å². The predicted molar refractivity (Wildman–Crippen MR) is 141 cm³/mol. The summed E-state index contributed by atoms with van der Waals surface area (Å²) >= 11 is 0. The molecule has 1 aromatic heterocycles. The van der Waals surface area contributed by atoms with Crippen molar-refractivity contribution in [2.45, 2.75) is 32.4 Å². The summed E-state index contributed by atoms with van der Waals surface area (Å²) in [5.74, 6) is 2.92. The van der Waals surface area contributed by atoms with Gasteiger partial charge in [-0.05, 0) is 62.1 Å². The topological polar surface area (TPSA) is 59.8 Å². The molecule has 4 aromatic rings. The van der Waals surface area contributed by atoms with Crippen LogP contribution in [0.1, 0.15) is 24.1 Å². The molecule has 6 heteroatoms. The maximum Gasteiger partial charge on any atom is 0.227 e. The lowest BCUT2D eigenvalue weighted by Crippen LogP contribution is -2.36. The minimum Gasteiger partial charge on any atom is -0.491 e. The van der Waals surface area contributed by atoms with E-state index in [1.165, 1.54) is 12.8 Å². The van der Waals surface area contributed by atoms with Gasteiger partial charge < -0.3 is 14.6 Å². The largest absolute Gasteiger partial charge is 0.491 e. The van der Waals surface area contributed by atoms with Gasteiger partial charge in [0.1, 0.15) is 24.2 Å². The molecule has 1 aliphatic carbocycles. The van der Waals surface area contributed by atoms with Crippen LogP contribution in [0.2, 0.25) is 0 Å². The first-order valence-corrected chi connectivity index (χ1v) is 12.6. The van der Waals surface area contributed by atoms with Crippen molar-refractivity contribution in [3.8, 4) is 23.1 Å². The van der Waals surface area contributed by atoms with Crippen LogP contribution in [-0.4, -0.2) is 45.6 Å². The van der Waals surface area contributed by atoms with Gasteiger partial charge in [-0.2, -0.15) is 5.10 Å². The fourth-order valence-corrected chi connectivity index (χ4v) is 4.32. The number of aliphatic hydroxyl groups excluding tert-OH is 1. The van der Waals surface area contributed by atoms with Gasteiger partial charge in [-0.1, -0.05) is 54.6 Å².